The van der Waals surface area contributed by atoms with E-state index in [9.17, 15) is 0 Å². The summed E-state index contributed by atoms with van der Waals surface area (Å²) in [4.78, 5) is 0. The Kier molecular flexibility index (Phi) is 4.71. The minimum atomic E-state index is 0.605. The van der Waals surface area contributed by atoms with E-state index in [1.165, 1.54) is 24.3 Å². The average Bonchev–Trinajstić information content (AvgIpc) is 2.98. The van der Waals surface area contributed by atoms with Crippen LogP contribution < -0.4 is 5.32 Å². The van der Waals surface area contributed by atoms with Gasteiger partial charge in [0.25, 0.3) is 0 Å². The predicted molar refractivity (Wildman–Crippen MR) is 81.8 cm³/mol. The summed E-state index contributed by atoms with van der Waals surface area (Å²) in [6.45, 7) is 0.904. The average molecular weight is 289 g/mol. The number of aromatic nitrogens is 2. The summed E-state index contributed by atoms with van der Waals surface area (Å²) >= 11 is 2.04. The lowest BCUT2D eigenvalue weighted by molar-refractivity contribution is 0.465. The van der Waals surface area contributed by atoms with Crippen LogP contribution in [-0.2, 0) is 6.42 Å². The molecule has 1 saturated heterocycles. The van der Waals surface area contributed by atoms with Crippen molar-refractivity contribution >= 4 is 11.8 Å². The summed E-state index contributed by atoms with van der Waals surface area (Å²) < 4.78 is 5.69. The summed E-state index contributed by atoms with van der Waals surface area (Å²) in [5.41, 5.74) is 0.975. The molecule has 0 aliphatic carbocycles. The lowest BCUT2D eigenvalue weighted by Crippen LogP contribution is -2.35. The fraction of sp³-hybridized carbons (Fsp3) is 0.467. The molecule has 1 aliphatic heterocycles. The predicted octanol–water partition coefficient (Wildman–Crippen LogP) is 2.76. The lowest BCUT2D eigenvalue weighted by Gasteiger charge is -2.22. The lowest BCUT2D eigenvalue weighted by atomic mass is 10.2. The molecule has 1 aliphatic rings. The molecular formula is C15H19N3OS. The van der Waals surface area contributed by atoms with E-state index in [-0.39, 0.29) is 0 Å². The fourth-order valence-corrected chi connectivity index (χ4v) is 3.44. The molecule has 1 aromatic carbocycles. The van der Waals surface area contributed by atoms with Crippen LogP contribution in [0.3, 0.4) is 0 Å². The number of hydrogen-bond donors (Lipinski definition) is 1. The van der Waals surface area contributed by atoms with E-state index in [2.05, 4.69) is 15.5 Å². The van der Waals surface area contributed by atoms with Crippen molar-refractivity contribution in [3.05, 3.63) is 36.2 Å². The summed E-state index contributed by atoms with van der Waals surface area (Å²) in [5, 5.41) is 11.8. The van der Waals surface area contributed by atoms with Gasteiger partial charge in [-0.2, -0.15) is 11.8 Å². The molecule has 106 valence electrons. The number of nitrogens with zero attached hydrogens (tertiary/aromatic N) is 2. The molecule has 3 rings (SSSR count). The molecule has 4 nitrogen and oxygen atoms in total. The Bertz CT molecular complexity index is 523. The Morgan fingerprint density at radius 3 is 2.95 bits per heavy atom. The Morgan fingerprint density at radius 2 is 2.15 bits per heavy atom. The smallest absolute Gasteiger partial charge is 0.247 e. The SMILES string of the molecule is c1ccc(-c2nnc(CCNC3CCCSC3)o2)cc1. The van der Waals surface area contributed by atoms with Gasteiger partial charge >= 0.3 is 0 Å². The fourth-order valence-electron chi connectivity index (χ4n) is 2.34. The summed E-state index contributed by atoms with van der Waals surface area (Å²) in [5.74, 6) is 3.84. The molecule has 0 radical (unpaired) electrons. The first-order valence-electron chi connectivity index (χ1n) is 7.11. The number of rotatable bonds is 5. The minimum Gasteiger partial charge on any atom is -0.421 e. The van der Waals surface area contributed by atoms with Crippen molar-refractivity contribution in [2.24, 2.45) is 0 Å². The van der Waals surface area contributed by atoms with Gasteiger partial charge in [0.15, 0.2) is 0 Å². The third-order valence-electron chi connectivity index (χ3n) is 3.42. The van der Waals surface area contributed by atoms with Gasteiger partial charge in [-0.3, -0.25) is 0 Å². The van der Waals surface area contributed by atoms with E-state index in [1.807, 2.05) is 42.1 Å². The van der Waals surface area contributed by atoms with Crippen LogP contribution in [0.1, 0.15) is 18.7 Å². The monoisotopic (exact) mass is 289 g/mol. The van der Waals surface area contributed by atoms with Gasteiger partial charge in [-0.15, -0.1) is 10.2 Å². The van der Waals surface area contributed by atoms with Gasteiger partial charge in [-0.25, -0.2) is 0 Å². The van der Waals surface area contributed by atoms with E-state index in [1.54, 1.807) is 0 Å². The third-order valence-corrected chi connectivity index (χ3v) is 4.64. The normalized spacial score (nSPS) is 19.1. The Balaban J connectivity index is 1.50. The van der Waals surface area contributed by atoms with Crippen LogP contribution >= 0.6 is 11.8 Å². The molecule has 2 aromatic rings. The molecule has 20 heavy (non-hydrogen) atoms. The standard InChI is InChI=1S/C15H19N3OS/c1-2-5-12(6-3-1)15-18-17-14(19-15)8-9-16-13-7-4-10-20-11-13/h1-3,5-6,13,16H,4,7-11H2. The summed E-state index contributed by atoms with van der Waals surface area (Å²) in [6, 6.07) is 10.5. The topological polar surface area (TPSA) is 51.0 Å². The van der Waals surface area contributed by atoms with E-state index in [0.29, 0.717) is 17.8 Å². The summed E-state index contributed by atoms with van der Waals surface area (Å²) in [7, 11) is 0. The number of benzene rings is 1. The molecule has 1 aromatic heterocycles. The van der Waals surface area contributed by atoms with Crippen LogP contribution in [0, 0.1) is 0 Å². The van der Waals surface area contributed by atoms with Crippen LogP contribution in [0.4, 0.5) is 0 Å². The van der Waals surface area contributed by atoms with E-state index in [4.69, 9.17) is 4.42 Å². The van der Waals surface area contributed by atoms with Crippen LogP contribution in [0.2, 0.25) is 0 Å². The van der Waals surface area contributed by atoms with Gasteiger partial charge in [0.1, 0.15) is 0 Å². The van der Waals surface area contributed by atoms with E-state index >= 15 is 0 Å². The largest absolute Gasteiger partial charge is 0.421 e. The zero-order valence-corrected chi connectivity index (χ0v) is 12.2. The van der Waals surface area contributed by atoms with Gasteiger partial charge in [0.2, 0.25) is 11.8 Å². The first-order valence-corrected chi connectivity index (χ1v) is 8.26. The molecule has 1 atom stereocenters. The van der Waals surface area contributed by atoms with Crippen molar-refractivity contribution in [1.82, 2.24) is 15.5 Å². The molecule has 0 bridgehead atoms. The second-order valence-electron chi connectivity index (χ2n) is 4.99. The highest BCUT2D eigenvalue weighted by atomic mass is 32.2. The van der Waals surface area contributed by atoms with Crippen LogP contribution in [0.25, 0.3) is 11.5 Å². The molecule has 1 fully saturated rings. The maximum Gasteiger partial charge on any atom is 0.247 e. The van der Waals surface area contributed by atoms with Gasteiger partial charge in [-0.1, -0.05) is 18.2 Å². The molecular weight excluding hydrogens is 270 g/mol. The Morgan fingerprint density at radius 1 is 1.25 bits per heavy atom. The first kappa shape index (κ1) is 13.6. The highest BCUT2D eigenvalue weighted by molar-refractivity contribution is 7.99. The highest BCUT2D eigenvalue weighted by Crippen LogP contribution is 2.18. The molecule has 1 N–H and O–H groups in total. The zero-order valence-electron chi connectivity index (χ0n) is 11.4. The molecule has 5 heteroatoms. The molecule has 0 spiro atoms. The van der Waals surface area contributed by atoms with Crippen molar-refractivity contribution in [2.45, 2.75) is 25.3 Å². The highest BCUT2D eigenvalue weighted by Gasteiger charge is 2.13. The molecule has 1 unspecified atom stereocenters. The Hall–Kier alpha value is -1.33. The van der Waals surface area contributed by atoms with E-state index < -0.39 is 0 Å². The number of thioether (sulfide) groups is 1. The van der Waals surface area contributed by atoms with E-state index in [0.717, 1.165) is 18.5 Å². The van der Waals surface area contributed by atoms with Gasteiger partial charge in [0, 0.05) is 30.3 Å². The van der Waals surface area contributed by atoms with Gasteiger partial charge < -0.3 is 9.73 Å². The van der Waals surface area contributed by atoms with Crippen LogP contribution in [0.5, 0.6) is 0 Å². The van der Waals surface area contributed by atoms with Gasteiger partial charge in [0.05, 0.1) is 0 Å². The maximum absolute atomic E-state index is 5.69. The van der Waals surface area contributed by atoms with Crippen molar-refractivity contribution in [1.29, 1.82) is 0 Å². The quantitative estimate of drug-likeness (QED) is 0.917. The first-order chi connectivity index (χ1) is 9.92. The zero-order chi connectivity index (χ0) is 13.6. The minimum absolute atomic E-state index is 0.605. The van der Waals surface area contributed by atoms with Crippen molar-refractivity contribution in [3.8, 4) is 11.5 Å². The Labute approximate surface area is 123 Å². The molecule has 0 amide bonds. The van der Waals surface area contributed by atoms with Crippen molar-refractivity contribution in [3.63, 3.8) is 0 Å². The van der Waals surface area contributed by atoms with Crippen LogP contribution in [0.15, 0.2) is 34.7 Å². The second kappa shape index (κ2) is 6.90. The third kappa shape index (κ3) is 3.61. The maximum atomic E-state index is 5.69. The molecule has 2 heterocycles. The number of hydrogen-bond acceptors (Lipinski definition) is 5. The summed E-state index contributed by atoms with van der Waals surface area (Å²) in [6.07, 6.45) is 3.40. The van der Waals surface area contributed by atoms with Crippen molar-refractivity contribution in [2.75, 3.05) is 18.1 Å². The van der Waals surface area contributed by atoms with Crippen molar-refractivity contribution < 1.29 is 4.42 Å². The molecule has 0 saturated carbocycles. The van der Waals surface area contributed by atoms with Gasteiger partial charge in [-0.05, 0) is 30.7 Å². The number of nitrogens with one attached hydrogen (secondary N) is 1. The second-order valence-corrected chi connectivity index (χ2v) is 6.13. The van der Waals surface area contributed by atoms with Crippen LogP contribution in [-0.4, -0.2) is 34.3 Å².